The molecule has 0 saturated carbocycles. The quantitative estimate of drug-likeness (QED) is 0.596. The van der Waals surface area contributed by atoms with Crippen LogP contribution in [0.2, 0.25) is 0 Å². The lowest BCUT2D eigenvalue weighted by Gasteiger charge is -2.09. The van der Waals surface area contributed by atoms with Gasteiger partial charge in [0.25, 0.3) is 0 Å². The Morgan fingerprint density at radius 2 is 1.95 bits per heavy atom. The lowest BCUT2D eigenvalue weighted by molar-refractivity contribution is -0.145. The van der Waals surface area contributed by atoms with Crippen molar-refractivity contribution in [3.05, 3.63) is 41.2 Å². The van der Waals surface area contributed by atoms with E-state index in [0.29, 0.717) is 20.6 Å². The van der Waals surface area contributed by atoms with E-state index in [-0.39, 0.29) is 5.52 Å². The molecule has 0 aliphatic rings. The molecule has 2 rings (SSSR count). The lowest BCUT2D eigenvalue weighted by atomic mass is 10.2. The van der Waals surface area contributed by atoms with Crippen LogP contribution in [0.4, 0.5) is 13.2 Å². The summed E-state index contributed by atoms with van der Waals surface area (Å²) in [5.41, 5.74) is 0.285. The van der Waals surface area contributed by atoms with Gasteiger partial charge in [0, 0.05) is 11.1 Å². The highest BCUT2D eigenvalue weighted by Gasteiger charge is 2.35. The highest BCUT2D eigenvalue weighted by atomic mass is 79.9. The Hall–Kier alpha value is -1.08. The monoisotopic (exact) mass is 348 g/mol. The van der Waals surface area contributed by atoms with Gasteiger partial charge < -0.3 is 0 Å². The molecule has 0 saturated heterocycles. The second kappa shape index (κ2) is 5.50. The van der Waals surface area contributed by atoms with Gasteiger partial charge in [0.05, 0.1) is 5.52 Å². The van der Waals surface area contributed by atoms with Crippen molar-refractivity contribution in [2.75, 3.05) is 5.75 Å². The molecule has 0 spiro atoms. The summed E-state index contributed by atoms with van der Waals surface area (Å²) in [7, 11) is 0. The van der Waals surface area contributed by atoms with Gasteiger partial charge in [-0.3, -0.25) is 0 Å². The first-order valence-corrected chi connectivity index (χ1v) is 6.96. The summed E-state index contributed by atoms with van der Waals surface area (Å²) in [5.74, 6) is -0.674. The Bertz CT molecular complexity index is 628. The van der Waals surface area contributed by atoms with E-state index in [0.717, 1.165) is 0 Å². The Labute approximate surface area is 120 Å². The SMILES string of the molecule is C=C(Br)CSc1nc(C(F)(F)F)nc2ccccc12. The Kier molecular flexibility index (Phi) is 4.15. The van der Waals surface area contributed by atoms with E-state index < -0.39 is 12.0 Å². The molecule has 2 aromatic rings. The summed E-state index contributed by atoms with van der Waals surface area (Å²) in [6.07, 6.45) is -4.55. The molecule has 1 heterocycles. The Morgan fingerprint density at radius 3 is 2.58 bits per heavy atom. The number of hydrogen-bond acceptors (Lipinski definition) is 3. The number of thioether (sulfide) groups is 1. The van der Waals surface area contributed by atoms with Crippen molar-refractivity contribution in [2.24, 2.45) is 0 Å². The van der Waals surface area contributed by atoms with E-state index in [9.17, 15) is 13.2 Å². The van der Waals surface area contributed by atoms with E-state index in [2.05, 4.69) is 32.5 Å². The third kappa shape index (κ3) is 3.48. The summed E-state index contributed by atoms with van der Waals surface area (Å²) in [6, 6.07) is 6.63. The van der Waals surface area contributed by atoms with Crippen LogP contribution in [0, 0.1) is 0 Å². The van der Waals surface area contributed by atoms with Crippen molar-refractivity contribution in [3.8, 4) is 0 Å². The molecule has 0 unspecified atom stereocenters. The van der Waals surface area contributed by atoms with Crippen LogP contribution in [-0.4, -0.2) is 15.7 Å². The fourth-order valence-electron chi connectivity index (χ4n) is 1.43. The van der Waals surface area contributed by atoms with Crippen molar-refractivity contribution >= 4 is 38.6 Å². The number of rotatable bonds is 3. The van der Waals surface area contributed by atoms with E-state index in [1.165, 1.54) is 11.8 Å². The normalized spacial score (nSPS) is 11.8. The summed E-state index contributed by atoms with van der Waals surface area (Å²) in [6.45, 7) is 3.65. The van der Waals surface area contributed by atoms with Gasteiger partial charge in [-0.1, -0.05) is 40.7 Å². The molecule has 0 aliphatic heterocycles. The first-order chi connectivity index (χ1) is 8.88. The lowest BCUT2D eigenvalue weighted by Crippen LogP contribution is -2.11. The molecule has 0 fully saturated rings. The van der Waals surface area contributed by atoms with E-state index in [1.54, 1.807) is 24.3 Å². The number of aromatic nitrogens is 2. The van der Waals surface area contributed by atoms with Gasteiger partial charge in [0.1, 0.15) is 5.03 Å². The number of hydrogen-bond donors (Lipinski definition) is 0. The maximum atomic E-state index is 12.7. The molecule has 0 atom stereocenters. The number of nitrogens with zero attached hydrogens (tertiary/aromatic N) is 2. The van der Waals surface area contributed by atoms with Crippen LogP contribution in [0.15, 0.2) is 40.4 Å². The molecule has 2 nitrogen and oxygen atoms in total. The summed E-state index contributed by atoms with van der Waals surface area (Å²) in [4.78, 5) is 7.16. The molecule has 1 aromatic carbocycles. The van der Waals surface area contributed by atoms with Gasteiger partial charge >= 0.3 is 6.18 Å². The zero-order valence-corrected chi connectivity index (χ0v) is 11.9. The van der Waals surface area contributed by atoms with Gasteiger partial charge in [-0.25, -0.2) is 9.97 Å². The second-order valence-corrected chi connectivity index (χ2v) is 5.76. The molecule has 7 heteroatoms. The van der Waals surface area contributed by atoms with Crippen LogP contribution in [0.5, 0.6) is 0 Å². The smallest absolute Gasteiger partial charge is 0.224 e. The predicted octanol–water partition coefficient (Wildman–Crippen LogP) is 4.65. The summed E-state index contributed by atoms with van der Waals surface area (Å²) in [5, 5.41) is 0.910. The zero-order valence-electron chi connectivity index (χ0n) is 9.54. The predicted molar refractivity (Wildman–Crippen MR) is 73.3 cm³/mol. The fourth-order valence-corrected chi connectivity index (χ4v) is 2.55. The summed E-state index contributed by atoms with van der Waals surface area (Å²) >= 11 is 4.36. The van der Waals surface area contributed by atoms with Crippen LogP contribution >= 0.6 is 27.7 Å². The van der Waals surface area contributed by atoms with Gasteiger partial charge in [-0.05, 0) is 10.5 Å². The highest BCUT2D eigenvalue weighted by Crippen LogP contribution is 2.32. The fraction of sp³-hybridized carbons (Fsp3) is 0.167. The molecule has 1 aromatic heterocycles. The van der Waals surface area contributed by atoms with Crippen molar-refractivity contribution in [2.45, 2.75) is 11.2 Å². The van der Waals surface area contributed by atoms with Crippen LogP contribution in [0.3, 0.4) is 0 Å². The first-order valence-electron chi connectivity index (χ1n) is 5.18. The molecule has 19 heavy (non-hydrogen) atoms. The third-order valence-corrected chi connectivity index (χ3v) is 3.92. The molecule has 0 N–H and O–H groups in total. The van der Waals surface area contributed by atoms with Gasteiger partial charge in [-0.15, -0.1) is 11.8 Å². The largest absolute Gasteiger partial charge is 0.451 e. The van der Waals surface area contributed by atoms with Gasteiger partial charge in [-0.2, -0.15) is 13.2 Å². The van der Waals surface area contributed by atoms with Crippen molar-refractivity contribution in [3.63, 3.8) is 0 Å². The van der Waals surface area contributed by atoms with Crippen LogP contribution in [0.25, 0.3) is 10.9 Å². The number of para-hydroxylation sites is 1. The Morgan fingerprint density at radius 1 is 1.26 bits per heavy atom. The highest BCUT2D eigenvalue weighted by molar-refractivity contribution is 9.11. The minimum Gasteiger partial charge on any atom is -0.224 e. The minimum atomic E-state index is -4.55. The number of halogens is 4. The molecule has 0 bridgehead atoms. The van der Waals surface area contributed by atoms with Gasteiger partial charge in [0.15, 0.2) is 0 Å². The van der Waals surface area contributed by atoms with Gasteiger partial charge in [0.2, 0.25) is 5.82 Å². The van der Waals surface area contributed by atoms with Crippen molar-refractivity contribution < 1.29 is 13.2 Å². The Balaban J connectivity index is 2.55. The molecular formula is C12H8BrF3N2S. The van der Waals surface area contributed by atoms with Crippen molar-refractivity contribution in [1.29, 1.82) is 0 Å². The standard InChI is InChI=1S/C12H8BrF3N2S/c1-7(13)6-19-10-8-4-2-3-5-9(8)17-11(18-10)12(14,15)16/h2-5H,1,6H2. The topological polar surface area (TPSA) is 25.8 Å². The van der Waals surface area contributed by atoms with Crippen molar-refractivity contribution in [1.82, 2.24) is 9.97 Å². The van der Waals surface area contributed by atoms with E-state index >= 15 is 0 Å². The van der Waals surface area contributed by atoms with Crippen LogP contribution < -0.4 is 0 Å². The molecular weight excluding hydrogens is 341 g/mol. The number of fused-ring (bicyclic) bond motifs is 1. The average molecular weight is 349 g/mol. The molecule has 0 aliphatic carbocycles. The number of alkyl halides is 3. The van der Waals surface area contributed by atoms with E-state index in [4.69, 9.17) is 0 Å². The maximum Gasteiger partial charge on any atom is 0.451 e. The second-order valence-electron chi connectivity index (χ2n) is 3.67. The molecule has 0 radical (unpaired) electrons. The number of benzene rings is 1. The molecule has 0 amide bonds. The zero-order chi connectivity index (χ0) is 14.0. The summed E-state index contributed by atoms with van der Waals surface area (Å²) < 4.78 is 38.9. The third-order valence-electron chi connectivity index (χ3n) is 2.19. The van der Waals surface area contributed by atoms with Crippen LogP contribution in [0.1, 0.15) is 5.82 Å². The first kappa shape index (κ1) is 14.3. The van der Waals surface area contributed by atoms with E-state index in [1.807, 2.05) is 0 Å². The molecule has 100 valence electrons. The minimum absolute atomic E-state index is 0.285. The van der Waals surface area contributed by atoms with Crippen LogP contribution in [-0.2, 0) is 6.18 Å². The maximum absolute atomic E-state index is 12.7. The average Bonchev–Trinajstić information content (AvgIpc) is 2.34.